The monoisotopic (exact) mass is 272 g/mol. The lowest BCUT2D eigenvalue weighted by atomic mass is 9.93. The maximum Gasteiger partial charge on any atom is 0.123 e. The molecule has 0 aliphatic carbocycles. The van der Waals surface area contributed by atoms with E-state index in [4.69, 9.17) is 10.5 Å². The summed E-state index contributed by atoms with van der Waals surface area (Å²) in [6, 6.07) is 8.13. The van der Waals surface area contributed by atoms with Crippen LogP contribution in [0, 0.1) is 5.41 Å². The number of ether oxygens (including phenoxy) is 1. The molecule has 0 saturated carbocycles. The van der Waals surface area contributed by atoms with Gasteiger partial charge in [-0.2, -0.15) is 0 Å². The van der Waals surface area contributed by atoms with E-state index >= 15 is 0 Å². The molecule has 1 aromatic rings. The van der Waals surface area contributed by atoms with E-state index in [0.717, 1.165) is 18.8 Å². The van der Waals surface area contributed by atoms with E-state index < -0.39 is 0 Å². The second-order valence-corrected chi connectivity index (χ2v) is 5.35. The number of nitrogens with two attached hydrogens (primary N) is 1. The normalized spacial score (nSPS) is 11.2. The predicted molar refractivity (Wildman–Crippen MR) is 79.4 cm³/mol. The summed E-state index contributed by atoms with van der Waals surface area (Å²) >= 11 is 0. The van der Waals surface area contributed by atoms with Crippen LogP contribution < -0.4 is 10.5 Å². The molecule has 0 heterocycles. The summed E-state index contributed by atoms with van der Waals surface area (Å²) in [5, 5.41) is 0. The van der Waals surface area contributed by atoms with Crippen LogP contribution in [0.5, 0.6) is 5.75 Å². The first-order valence-electron chi connectivity index (χ1n) is 5.99. The van der Waals surface area contributed by atoms with E-state index in [9.17, 15) is 0 Å². The van der Waals surface area contributed by atoms with Crippen molar-refractivity contribution in [3.63, 3.8) is 0 Å². The SMILES string of the molecule is COc1ccccc1CN(C)CC(C)(C)CN.Cl. The van der Waals surface area contributed by atoms with Crippen molar-refractivity contribution in [1.82, 2.24) is 4.90 Å². The van der Waals surface area contributed by atoms with E-state index in [1.807, 2.05) is 18.2 Å². The Bertz CT molecular complexity index is 355. The molecular formula is C14H25ClN2O. The van der Waals surface area contributed by atoms with E-state index in [1.54, 1.807) is 7.11 Å². The molecule has 0 bridgehead atoms. The maximum atomic E-state index is 5.75. The molecule has 0 atom stereocenters. The zero-order valence-electron chi connectivity index (χ0n) is 11.8. The molecule has 1 rings (SSSR count). The van der Waals surface area contributed by atoms with Gasteiger partial charge >= 0.3 is 0 Å². The third-order valence-corrected chi connectivity index (χ3v) is 2.88. The Labute approximate surface area is 117 Å². The molecule has 0 radical (unpaired) electrons. The number of hydrogen-bond acceptors (Lipinski definition) is 3. The summed E-state index contributed by atoms with van der Waals surface area (Å²) in [4.78, 5) is 2.28. The molecular weight excluding hydrogens is 248 g/mol. The van der Waals surface area contributed by atoms with E-state index in [-0.39, 0.29) is 17.8 Å². The third kappa shape index (κ3) is 5.25. The Morgan fingerprint density at radius 2 is 1.89 bits per heavy atom. The molecule has 0 aromatic heterocycles. The molecule has 2 N–H and O–H groups in total. The molecule has 0 aliphatic heterocycles. The molecule has 0 fully saturated rings. The van der Waals surface area contributed by atoms with Crippen LogP contribution in [0.25, 0.3) is 0 Å². The summed E-state index contributed by atoms with van der Waals surface area (Å²) in [6.45, 7) is 6.93. The van der Waals surface area contributed by atoms with Crippen molar-refractivity contribution >= 4 is 12.4 Å². The molecule has 0 aliphatic rings. The maximum absolute atomic E-state index is 5.75. The lowest BCUT2D eigenvalue weighted by molar-refractivity contribution is 0.208. The van der Waals surface area contributed by atoms with Crippen molar-refractivity contribution in [3.8, 4) is 5.75 Å². The van der Waals surface area contributed by atoms with Gasteiger partial charge in [-0.05, 0) is 25.1 Å². The second kappa shape index (κ2) is 7.62. The van der Waals surface area contributed by atoms with Gasteiger partial charge in [0, 0.05) is 18.7 Å². The van der Waals surface area contributed by atoms with Crippen molar-refractivity contribution in [3.05, 3.63) is 29.8 Å². The fourth-order valence-electron chi connectivity index (χ4n) is 1.98. The number of para-hydroxylation sites is 1. The zero-order chi connectivity index (χ0) is 12.9. The minimum atomic E-state index is 0. The first kappa shape index (κ1) is 17.2. The minimum Gasteiger partial charge on any atom is -0.496 e. The highest BCUT2D eigenvalue weighted by Gasteiger charge is 2.18. The quantitative estimate of drug-likeness (QED) is 0.865. The number of methoxy groups -OCH3 is 1. The Morgan fingerprint density at radius 1 is 1.28 bits per heavy atom. The summed E-state index contributed by atoms with van der Waals surface area (Å²) in [7, 11) is 3.83. The number of benzene rings is 1. The van der Waals surface area contributed by atoms with Crippen LogP contribution in [0.1, 0.15) is 19.4 Å². The smallest absolute Gasteiger partial charge is 0.123 e. The van der Waals surface area contributed by atoms with E-state index in [1.165, 1.54) is 5.56 Å². The average molecular weight is 273 g/mol. The van der Waals surface area contributed by atoms with Crippen LogP contribution in [0.15, 0.2) is 24.3 Å². The Balaban J connectivity index is 0.00000289. The lowest BCUT2D eigenvalue weighted by Crippen LogP contribution is -2.36. The minimum absolute atomic E-state index is 0. The van der Waals surface area contributed by atoms with E-state index in [2.05, 4.69) is 31.9 Å². The highest BCUT2D eigenvalue weighted by Crippen LogP contribution is 2.21. The topological polar surface area (TPSA) is 38.5 Å². The molecule has 18 heavy (non-hydrogen) atoms. The number of rotatable bonds is 6. The fourth-order valence-corrected chi connectivity index (χ4v) is 1.98. The largest absolute Gasteiger partial charge is 0.496 e. The average Bonchev–Trinajstić information content (AvgIpc) is 2.29. The Hall–Kier alpha value is -0.770. The van der Waals surface area contributed by atoms with Crippen LogP contribution in [-0.2, 0) is 6.54 Å². The fraction of sp³-hybridized carbons (Fsp3) is 0.571. The van der Waals surface area contributed by atoms with Crippen molar-refractivity contribution in [2.24, 2.45) is 11.1 Å². The van der Waals surface area contributed by atoms with Crippen LogP contribution in [0.3, 0.4) is 0 Å². The van der Waals surface area contributed by atoms with Crippen molar-refractivity contribution in [2.45, 2.75) is 20.4 Å². The van der Waals surface area contributed by atoms with Gasteiger partial charge in [-0.25, -0.2) is 0 Å². The number of nitrogens with zero attached hydrogens (tertiary/aromatic N) is 1. The first-order valence-corrected chi connectivity index (χ1v) is 5.99. The summed E-state index contributed by atoms with van der Waals surface area (Å²) in [5.74, 6) is 0.949. The Morgan fingerprint density at radius 3 is 2.44 bits per heavy atom. The van der Waals surface area contributed by atoms with Gasteiger partial charge in [-0.1, -0.05) is 32.0 Å². The van der Waals surface area contributed by atoms with Gasteiger partial charge in [0.15, 0.2) is 0 Å². The van der Waals surface area contributed by atoms with Crippen LogP contribution >= 0.6 is 12.4 Å². The number of hydrogen-bond donors (Lipinski definition) is 1. The van der Waals surface area contributed by atoms with Gasteiger partial charge in [0.05, 0.1) is 7.11 Å². The highest BCUT2D eigenvalue weighted by molar-refractivity contribution is 5.85. The van der Waals surface area contributed by atoms with Crippen LogP contribution in [-0.4, -0.2) is 32.1 Å². The molecule has 0 amide bonds. The lowest BCUT2D eigenvalue weighted by Gasteiger charge is -2.29. The Kier molecular flexibility index (Phi) is 7.29. The molecule has 1 aromatic carbocycles. The third-order valence-electron chi connectivity index (χ3n) is 2.88. The molecule has 0 spiro atoms. The zero-order valence-corrected chi connectivity index (χ0v) is 12.6. The highest BCUT2D eigenvalue weighted by atomic mass is 35.5. The summed E-state index contributed by atoms with van der Waals surface area (Å²) in [5.41, 5.74) is 7.12. The van der Waals surface area contributed by atoms with Crippen LogP contribution in [0.4, 0.5) is 0 Å². The summed E-state index contributed by atoms with van der Waals surface area (Å²) < 4.78 is 5.35. The predicted octanol–water partition coefficient (Wildman–Crippen LogP) is 2.53. The number of halogens is 1. The molecule has 3 nitrogen and oxygen atoms in total. The standard InChI is InChI=1S/C14H24N2O.ClH/c1-14(2,10-15)11-16(3)9-12-7-5-6-8-13(12)17-4;/h5-8H,9-11,15H2,1-4H3;1H. The molecule has 104 valence electrons. The van der Waals surface area contributed by atoms with Crippen molar-refractivity contribution < 1.29 is 4.74 Å². The summed E-state index contributed by atoms with van der Waals surface area (Å²) in [6.07, 6.45) is 0. The van der Waals surface area contributed by atoms with Gasteiger partial charge in [0.25, 0.3) is 0 Å². The van der Waals surface area contributed by atoms with Gasteiger partial charge in [0.1, 0.15) is 5.75 Å². The second-order valence-electron chi connectivity index (χ2n) is 5.35. The van der Waals surface area contributed by atoms with E-state index in [0.29, 0.717) is 6.54 Å². The van der Waals surface area contributed by atoms with Crippen molar-refractivity contribution in [2.75, 3.05) is 27.2 Å². The first-order chi connectivity index (χ1) is 7.98. The molecule has 4 heteroatoms. The van der Waals surface area contributed by atoms with Gasteiger partial charge in [-0.3, -0.25) is 0 Å². The van der Waals surface area contributed by atoms with Gasteiger partial charge in [-0.15, -0.1) is 12.4 Å². The molecule has 0 saturated heterocycles. The van der Waals surface area contributed by atoms with Gasteiger partial charge in [0.2, 0.25) is 0 Å². The van der Waals surface area contributed by atoms with Crippen molar-refractivity contribution in [1.29, 1.82) is 0 Å². The molecule has 0 unspecified atom stereocenters. The van der Waals surface area contributed by atoms with Crippen LogP contribution in [0.2, 0.25) is 0 Å². The van der Waals surface area contributed by atoms with Gasteiger partial charge < -0.3 is 15.4 Å².